The summed E-state index contributed by atoms with van der Waals surface area (Å²) in [5.41, 5.74) is 0. The van der Waals surface area contributed by atoms with E-state index in [1.165, 1.54) is 5.75 Å². The number of rotatable bonds is 5. The Morgan fingerprint density at radius 3 is 3.20 bits per heavy atom. The third-order valence-corrected chi connectivity index (χ3v) is 3.43. The Morgan fingerprint density at radius 1 is 1.67 bits per heavy atom. The highest BCUT2D eigenvalue weighted by molar-refractivity contribution is 7.99. The van der Waals surface area contributed by atoms with Crippen LogP contribution < -0.4 is 10.6 Å². The molecule has 0 radical (unpaired) electrons. The summed E-state index contributed by atoms with van der Waals surface area (Å²) < 4.78 is 0. The molecule has 1 unspecified atom stereocenters. The number of amides is 1. The minimum Gasteiger partial charge on any atom is -0.356 e. The van der Waals surface area contributed by atoms with Gasteiger partial charge in [0.1, 0.15) is 0 Å². The molecule has 1 rings (SSSR count). The van der Waals surface area contributed by atoms with Crippen molar-refractivity contribution >= 4 is 17.7 Å². The van der Waals surface area contributed by atoms with Gasteiger partial charge in [-0.1, -0.05) is 12.2 Å². The summed E-state index contributed by atoms with van der Waals surface area (Å²) in [6.45, 7) is 3.77. The second-order valence-electron chi connectivity index (χ2n) is 3.64. The molecule has 1 aliphatic heterocycles. The van der Waals surface area contributed by atoms with Crippen LogP contribution in [0.1, 0.15) is 19.8 Å². The number of nitrogens with one attached hydrogen (secondary N) is 2. The summed E-state index contributed by atoms with van der Waals surface area (Å²) in [4.78, 5) is 11.5. The minimum absolute atomic E-state index is 0.166. The monoisotopic (exact) mass is 228 g/mol. The summed E-state index contributed by atoms with van der Waals surface area (Å²) >= 11 is 1.92. The largest absolute Gasteiger partial charge is 0.356 e. The maximum atomic E-state index is 11.5. The summed E-state index contributed by atoms with van der Waals surface area (Å²) in [5.74, 6) is 2.39. The SMILES string of the molecule is C/C=C/CCNC(=O)CC1CSCCN1. The van der Waals surface area contributed by atoms with Crippen LogP contribution in [-0.4, -0.2) is 36.5 Å². The van der Waals surface area contributed by atoms with Crippen molar-refractivity contribution in [2.75, 3.05) is 24.6 Å². The topological polar surface area (TPSA) is 41.1 Å². The molecule has 0 aromatic heterocycles. The number of carbonyl (C=O) groups excluding carboxylic acids is 1. The van der Waals surface area contributed by atoms with Crippen molar-refractivity contribution in [3.05, 3.63) is 12.2 Å². The van der Waals surface area contributed by atoms with Crippen molar-refractivity contribution in [3.8, 4) is 0 Å². The molecule has 0 saturated carbocycles. The van der Waals surface area contributed by atoms with Crippen molar-refractivity contribution in [1.82, 2.24) is 10.6 Å². The molecule has 1 heterocycles. The molecule has 1 aliphatic rings. The van der Waals surface area contributed by atoms with Crippen LogP contribution in [0.25, 0.3) is 0 Å². The molecular formula is C11H20N2OS. The van der Waals surface area contributed by atoms with E-state index in [0.29, 0.717) is 12.5 Å². The highest BCUT2D eigenvalue weighted by atomic mass is 32.2. The van der Waals surface area contributed by atoms with E-state index in [-0.39, 0.29) is 5.91 Å². The van der Waals surface area contributed by atoms with Gasteiger partial charge in [-0.25, -0.2) is 0 Å². The average Bonchev–Trinajstić information content (AvgIpc) is 2.26. The highest BCUT2D eigenvalue weighted by Crippen LogP contribution is 2.09. The maximum Gasteiger partial charge on any atom is 0.221 e. The molecule has 3 nitrogen and oxygen atoms in total. The van der Waals surface area contributed by atoms with Gasteiger partial charge in [0.05, 0.1) is 0 Å². The molecule has 0 spiro atoms. The zero-order chi connectivity index (χ0) is 10.9. The lowest BCUT2D eigenvalue weighted by atomic mass is 10.2. The third kappa shape index (κ3) is 5.85. The van der Waals surface area contributed by atoms with Crippen LogP contribution >= 0.6 is 11.8 Å². The van der Waals surface area contributed by atoms with Gasteiger partial charge in [-0.15, -0.1) is 0 Å². The molecule has 86 valence electrons. The molecule has 0 aliphatic carbocycles. The van der Waals surface area contributed by atoms with E-state index in [0.717, 1.165) is 25.3 Å². The van der Waals surface area contributed by atoms with Gasteiger partial charge in [0.15, 0.2) is 0 Å². The Kier molecular flexibility index (Phi) is 6.52. The van der Waals surface area contributed by atoms with Crippen LogP contribution in [-0.2, 0) is 4.79 Å². The molecule has 1 atom stereocenters. The predicted octanol–water partition coefficient (Wildman–Crippen LogP) is 1.16. The maximum absolute atomic E-state index is 11.5. The lowest BCUT2D eigenvalue weighted by Gasteiger charge is -2.22. The number of allylic oxidation sites excluding steroid dienone is 1. The number of hydrogen-bond acceptors (Lipinski definition) is 3. The normalized spacial score (nSPS) is 21.8. The number of thioether (sulfide) groups is 1. The molecule has 1 fully saturated rings. The molecule has 1 saturated heterocycles. The van der Waals surface area contributed by atoms with E-state index in [2.05, 4.69) is 16.7 Å². The third-order valence-electron chi connectivity index (χ3n) is 2.30. The Balaban J connectivity index is 2.06. The first-order valence-corrected chi connectivity index (χ1v) is 6.67. The standard InChI is InChI=1S/C11H20N2OS/c1-2-3-4-5-13-11(14)8-10-9-15-7-6-12-10/h2-3,10,12H,4-9H2,1H3,(H,13,14)/b3-2+. The van der Waals surface area contributed by atoms with Gasteiger partial charge in [-0.3, -0.25) is 4.79 Å². The minimum atomic E-state index is 0.166. The molecule has 4 heteroatoms. The van der Waals surface area contributed by atoms with Crippen LogP contribution in [0.4, 0.5) is 0 Å². The quantitative estimate of drug-likeness (QED) is 0.548. The van der Waals surface area contributed by atoms with Gasteiger partial charge in [0, 0.05) is 37.1 Å². The molecule has 0 aromatic carbocycles. The van der Waals surface area contributed by atoms with Crippen molar-refractivity contribution in [2.45, 2.75) is 25.8 Å². The summed E-state index contributed by atoms with van der Waals surface area (Å²) in [6.07, 6.45) is 5.61. The van der Waals surface area contributed by atoms with Crippen LogP contribution in [0.3, 0.4) is 0 Å². The van der Waals surface area contributed by atoms with Crippen molar-refractivity contribution in [1.29, 1.82) is 0 Å². The van der Waals surface area contributed by atoms with Gasteiger partial charge in [0.2, 0.25) is 5.91 Å². The van der Waals surface area contributed by atoms with Crippen LogP contribution in [0.15, 0.2) is 12.2 Å². The number of carbonyl (C=O) groups is 1. The Hall–Kier alpha value is -0.480. The van der Waals surface area contributed by atoms with Gasteiger partial charge in [-0.05, 0) is 13.3 Å². The average molecular weight is 228 g/mol. The summed E-state index contributed by atoms with van der Waals surface area (Å²) in [7, 11) is 0. The van der Waals surface area contributed by atoms with Crippen molar-refractivity contribution in [2.24, 2.45) is 0 Å². The van der Waals surface area contributed by atoms with Crippen molar-refractivity contribution < 1.29 is 4.79 Å². The molecule has 1 amide bonds. The van der Waals surface area contributed by atoms with Crippen LogP contribution in [0.5, 0.6) is 0 Å². The van der Waals surface area contributed by atoms with Crippen LogP contribution in [0, 0.1) is 0 Å². The fraction of sp³-hybridized carbons (Fsp3) is 0.727. The smallest absolute Gasteiger partial charge is 0.221 e. The Bertz CT molecular complexity index is 213. The fourth-order valence-corrected chi connectivity index (χ4v) is 2.46. The van der Waals surface area contributed by atoms with Crippen LogP contribution in [0.2, 0.25) is 0 Å². The van der Waals surface area contributed by atoms with E-state index >= 15 is 0 Å². The Morgan fingerprint density at radius 2 is 2.53 bits per heavy atom. The first-order chi connectivity index (χ1) is 7.33. The lowest BCUT2D eigenvalue weighted by molar-refractivity contribution is -0.121. The molecule has 0 bridgehead atoms. The summed E-state index contributed by atoms with van der Waals surface area (Å²) in [5, 5.41) is 6.28. The molecular weight excluding hydrogens is 208 g/mol. The Labute approximate surface area is 96.1 Å². The first-order valence-electron chi connectivity index (χ1n) is 5.52. The fourth-order valence-electron chi connectivity index (χ4n) is 1.51. The molecule has 0 aromatic rings. The van der Waals surface area contributed by atoms with Gasteiger partial charge in [0.25, 0.3) is 0 Å². The van der Waals surface area contributed by atoms with Crippen molar-refractivity contribution in [3.63, 3.8) is 0 Å². The van der Waals surface area contributed by atoms with E-state index in [9.17, 15) is 4.79 Å². The first kappa shape index (κ1) is 12.6. The van der Waals surface area contributed by atoms with E-state index in [1.54, 1.807) is 0 Å². The van der Waals surface area contributed by atoms with Gasteiger partial charge < -0.3 is 10.6 Å². The molecule has 15 heavy (non-hydrogen) atoms. The second kappa shape index (κ2) is 7.77. The van der Waals surface area contributed by atoms with E-state index in [1.807, 2.05) is 24.8 Å². The second-order valence-corrected chi connectivity index (χ2v) is 4.79. The lowest BCUT2D eigenvalue weighted by Crippen LogP contribution is -2.41. The van der Waals surface area contributed by atoms with Gasteiger partial charge >= 0.3 is 0 Å². The van der Waals surface area contributed by atoms with Gasteiger partial charge in [-0.2, -0.15) is 11.8 Å². The zero-order valence-corrected chi connectivity index (χ0v) is 10.1. The number of hydrogen-bond donors (Lipinski definition) is 2. The van der Waals surface area contributed by atoms with E-state index < -0.39 is 0 Å². The predicted molar refractivity (Wildman–Crippen MR) is 66.2 cm³/mol. The van der Waals surface area contributed by atoms with E-state index in [4.69, 9.17) is 0 Å². The highest BCUT2D eigenvalue weighted by Gasteiger charge is 2.15. The summed E-state index contributed by atoms with van der Waals surface area (Å²) in [6, 6.07) is 0.366. The zero-order valence-electron chi connectivity index (χ0n) is 9.29. The molecule has 2 N–H and O–H groups in total.